The van der Waals surface area contributed by atoms with E-state index in [-0.39, 0.29) is 17.7 Å². The second kappa shape index (κ2) is 8.54. The molecule has 42 heavy (non-hydrogen) atoms. The van der Waals surface area contributed by atoms with Crippen LogP contribution in [0.25, 0.3) is 16.7 Å². The number of hydrogen-bond donors (Lipinski definition) is 0. The molecule has 2 nitrogen and oxygen atoms in total. The van der Waals surface area contributed by atoms with Gasteiger partial charge in [0.2, 0.25) is 0 Å². The zero-order chi connectivity index (χ0) is 28.2. The molecule has 0 aromatic heterocycles. The third-order valence-corrected chi connectivity index (χ3v) is 11.7. The van der Waals surface area contributed by atoms with Crippen molar-refractivity contribution in [2.45, 2.75) is 63.3 Å². The minimum atomic E-state index is 0.0237. The molecule has 206 valence electrons. The molecule has 4 aromatic carbocycles. The van der Waals surface area contributed by atoms with Gasteiger partial charge >= 0.3 is 0 Å². The highest BCUT2D eigenvalue weighted by Crippen LogP contribution is 2.62. The van der Waals surface area contributed by atoms with Crippen molar-refractivity contribution in [2.75, 3.05) is 16.8 Å². The number of nitrogens with zero attached hydrogens (tertiary/aromatic N) is 2. The lowest BCUT2D eigenvalue weighted by Gasteiger charge is -2.53. The summed E-state index contributed by atoms with van der Waals surface area (Å²) in [6.45, 7) is 5.37. The molecular weight excluding hydrogens is 507 g/mol. The molecule has 9 rings (SSSR count). The van der Waals surface area contributed by atoms with Gasteiger partial charge in [-0.1, -0.05) is 105 Å². The summed E-state index contributed by atoms with van der Waals surface area (Å²) in [4.78, 5) is 5.39. The zero-order valence-corrected chi connectivity index (χ0v) is 25.0. The van der Waals surface area contributed by atoms with Crippen LogP contribution in [-0.2, 0) is 5.41 Å². The van der Waals surface area contributed by atoms with Crippen LogP contribution in [0.5, 0.6) is 0 Å². The van der Waals surface area contributed by atoms with Crippen LogP contribution in [0, 0.1) is 0 Å². The van der Waals surface area contributed by atoms with E-state index in [2.05, 4.69) is 128 Å². The predicted octanol–water partition coefficient (Wildman–Crippen LogP) is 7.74. The molecule has 1 fully saturated rings. The molecule has 0 saturated heterocycles. The smallest absolute Gasteiger partial charge is 0.252 e. The van der Waals surface area contributed by atoms with Crippen molar-refractivity contribution in [3.8, 4) is 11.1 Å². The Morgan fingerprint density at radius 3 is 2.38 bits per heavy atom. The van der Waals surface area contributed by atoms with Gasteiger partial charge in [0, 0.05) is 46.3 Å². The van der Waals surface area contributed by atoms with Crippen LogP contribution < -0.4 is 26.2 Å². The van der Waals surface area contributed by atoms with Crippen LogP contribution in [0.15, 0.2) is 97.1 Å². The molecule has 0 bridgehead atoms. The van der Waals surface area contributed by atoms with Gasteiger partial charge < -0.3 is 9.80 Å². The van der Waals surface area contributed by atoms with Crippen molar-refractivity contribution in [3.05, 3.63) is 108 Å². The van der Waals surface area contributed by atoms with Gasteiger partial charge in [0.25, 0.3) is 6.71 Å². The van der Waals surface area contributed by atoms with Crippen LogP contribution in [0.3, 0.4) is 0 Å². The Hall–Kier alpha value is -3.98. The third kappa shape index (κ3) is 2.92. The van der Waals surface area contributed by atoms with E-state index in [1.54, 1.807) is 5.56 Å². The fourth-order valence-electron chi connectivity index (χ4n) is 9.48. The summed E-state index contributed by atoms with van der Waals surface area (Å²) in [5, 5.41) is 0. The Balaban J connectivity index is 1.48. The zero-order valence-electron chi connectivity index (χ0n) is 25.0. The van der Waals surface area contributed by atoms with Gasteiger partial charge in [-0.2, -0.15) is 0 Å². The quantitative estimate of drug-likeness (QED) is 0.238. The molecule has 3 heteroatoms. The summed E-state index contributed by atoms with van der Waals surface area (Å²) in [5.74, 6) is 0. The molecule has 0 amide bonds. The summed E-state index contributed by atoms with van der Waals surface area (Å²) >= 11 is 0. The SMILES string of the molecule is CN1c2ccccc2B2c3cccc4c3N(c3c(-c5ccccc5)cc(C5=CC=CCC5)c1c32)C1(C)CCCC[C@@]41C. The van der Waals surface area contributed by atoms with Crippen LogP contribution in [-0.4, -0.2) is 19.3 Å². The average Bonchev–Trinajstić information content (AvgIpc) is 3.25. The van der Waals surface area contributed by atoms with Gasteiger partial charge in [-0.05, 0) is 77.8 Å². The van der Waals surface area contributed by atoms with E-state index in [9.17, 15) is 0 Å². The summed E-state index contributed by atoms with van der Waals surface area (Å²) in [6.07, 6.45) is 14.2. The van der Waals surface area contributed by atoms with E-state index in [1.165, 1.54) is 87.1 Å². The highest BCUT2D eigenvalue weighted by molar-refractivity contribution is 7.00. The van der Waals surface area contributed by atoms with Crippen LogP contribution in [0.4, 0.5) is 22.7 Å². The Kier molecular flexibility index (Phi) is 5.00. The summed E-state index contributed by atoms with van der Waals surface area (Å²) in [6, 6.07) is 30.2. The van der Waals surface area contributed by atoms with E-state index in [0.717, 1.165) is 12.8 Å². The summed E-state index contributed by atoms with van der Waals surface area (Å²) in [5.41, 5.74) is 17.4. The van der Waals surface area contributed by atoms with Gasteiger partial charge in [-0.3, -0.25) is 0 Å². The monoisotopic (exact) mass is 544 g/mol. The van der Waals surface area contributed by atoms with E-state index in [4.69, 9.17) is 0 Å². The standard InChI is InChI=1S/C39H37BN2/c1-38-23-12-13-24-39(38,2)42-36-29(27-17-8-5-9-18-27)25-28(26-15-6-4-7-16-26)35-34(36)40(32-21-14-19-30(38)37(32)42)31-20-10-11-22-33(31)41(35)3/h4-6,8-11,14-15,17-22,25H,7,12-13,16,23-24H2,1-3H3/t38-,39?/m0/s1. The molecule has 3 heterocycles. The number of hydrogen-bond acceptors (Lipinski definition) is 2. The third-order valence-electron chi connectivity index (χ3n) is 11.7. The molecular formula is C39H37BN2. The first-order chi connectivity index (χ1) is 20.5. The van der Waals surface area contributed by atoms with E-state index in [1.807, 2.05) is 0 Å². The van der Waals surface area contributed by atoms with Gasteiger partial charge in [0.1, 0.15) is 0 Å². The van der Waals surface area contributed by atoms with E-state index in [0.29, 0.717) is 0 Å². The Morgan fingerprint density at radius 2 is 1.55 bits per heavy atom. The molecule has 0 spiro atoms. The number of para-hydroxylation sites is 2. The molecule has 4 aromatic rings. The van der Waals surface area contributed by atoms with Crippen LogP contribution in [0.1, 0.15) is 63.5 Å². The molecule has 2 atom stereocenters. The Morgan fingerprint density at radius 1 is 0.762 bits per heavy atom. The molecule has 5 aliphatic rings. The van der Waals surface area contributed by atoms with Crippen molar-refractivity contribution < 1.29 is 0 Å². The lowest BCUT2D eigenvalue weighted by Crippen LogP contribution is -2.65. The first kappa shape index (κ1) is 24.6. The molecule has 0 radical (unpaired) electrons. The lowest BCUT2D eigenvalue weighted by atomic mass is 9.33. The number of allylic oxidation sites excluding steroid dienone is 4. The van der Waals surface area contributed by atoms with Crippen molar-refractivity contribution in [1.82, 2.24) is 0 Å². The maximum Gasteiger partial charge on any atom is 0.252 e. The Bertz CT molecular complexity index is 1850. The summed E-state index contributed by atoms with van der Waals surface area (Å²) in [7, 11) is 2.30. The topological polar surface area (TPSA) is 6.48 Å². The van der Waals surface area contributed by atoms with Gasteiger partial charge in [0.15, 0.2) is 0 Å². The fraction of sp³-hybridized carbons (Fsp3) is 0.282. The number of rotatable bonds is 2. The van der Waals surface area contributed by atoms with Gasteiger partial charge in [-0.15, -0.1) is 0 Å². The molecule has 2 aliphatic carbocycles. The first-order valence-electron chi connectivity index (χ1n) is 15.9. The van der Waals surface area contributed by atoms with Crippen LogP contribution >= 0.6 is 0 Å². The Labute approximate surface area is 250 Å². The maximum absolute atomic E-state index is 2.87. The molecule has 1 unspecified atom stereocenters. The second-order valence-corrected chi connectivity index (χ2v) is 13.6. The van der Waals surface area contributed by atoms with Crippen molar-refractivity contribution in [1.29, 1.82) is 0 Å². The van der Waals surface area contributed by atoms with Gasteiger partial charge in [0.05, 0.1) is 5.54 Å². The second-order valence-electron chi connectivity index (χ2n) is 13.6. The van der Waals surface area contributed by atoms with E-state index >= 15 is 0 Å². The fourth-order valence-corrected chi connectivity index (χ4v) is 9.48. The predicted molar refractivity (Wildman–Crippen MR) is 180 cm³/mol. The normalized spacial score (nSPS) is 24.5. The first-order valence-corrected chi connectivity index (χ1v) is 15.9. The minimum Gasteiger partial charge on any atom is -0.345 e. The molecule has 1 saturated carbocycles. The van der Waals surface area contributed by atoms with Crippen LogP contribution in [0.2, 0.25) is 0 Å². The number of fused-ring (bicyclic) bond motifs is 7. The van der Waals surface area contributed by atoms with Crippen molar-refractivity contribution in [3.63, 3.8) is 0 Å². The average molecular weight is 545 g/mol. The van der Waals surface area contributed by atoms with Crippen molar-refractivity contribution in [2.24, 2.45) is 0 Å². The molecule has 0 N–H and O–H groups in total. The highest BCUT2D eigenvalue weighted by atomic mass is 15.3. The number of benzene rings is 4. The molecule has 3 aliphatic heterocycles. The largest absolute Gasteiger partial charge is 0.345 e. The minimum absolute atomic E-state index is 0.0237. The van der Waals surface area contributed by atoms with Crippen molar-refractivity contribution >= 4 is 51.4 Å². The maximum atomic E-state index is 2.87. The van der Waals surface area contributed by atoms with E-state index < -0.39 is 0 Å². The van der Waals surface area contributed by atoms with Gasteiger partial charge in [-0.25, -0.2) is 0 Å². The lowest BCUT2D eigenvalue weighted by molar-refractivity contribution is 0.195. The summed E-state index contributed by atoms with van der Waals surface area (Å²) < 4.78 is 0. The highest BCUT2D eigenvalue weighted by Gasteiger charge is 2.61. The number of anilines is 4.